The summed E-state index contributed by atoms with van der Waals surface area (Å²) in [5.41, 5.74) is -0.0634. The van der Waals surface area contributed by atoms with Crippen LogP contribution in [-0.2, 0) is 0 Å². The third kappa shape index (κ3) is 3.46. The molecule has 0 aliphatic heterocycles. The van der Waals surface area contributed by atoms with Crippen molar-refractivity contribution in [2.24, 2.45) is 0 Å². The van der Waals surface area contributed by atoms with Crippen LogP contribution >= 0.6 is 12.8 Å². The number of hydrogen-bond acceptors (Lipinski definition) is 6. The lowest BCUT2D eigenvalue weighted by atomic mass is 10.1. The van der Waals surface area contributed by atoms with Gasteiger partial charge in [0, 0.05) is 11.6 Å². The Morgan fingerprint density at radius 2 is 1.88 bits per heavy atom. The minimum Gasteiger partial charge on any atom is -0.349 e. The maximum Gasteiger partial charge on any atom is 0.240 e. The van der Waals surface area contributed by atoms with E-state index in [1.807, 2.05) is 11.2 Å². The number of aromatic nitrogens is 3. The first-order valence-corrected chi connectivity index (χ1v) is 6.24. The molecule has 0 amide bonds. The predicted octanol–water partition coefficient (Wildman–Crippen LogP) is 2.20. The summed E-state index contributed by atoms with van der Waals surface area (Å²) in [5, 5.41) is 3.25. The van der Waals surface area contributed by atoms with E-state index in [4.69, 9.17) is 0 Å². The lowest BCUT2D eigenvalue weighted by Gasteiger charge is -2.22. The molecule has 0 radical (unpaired) electrons. The zero-order valence-electron chi connectivity index (χ0n) is 10.7. The first kappa shape index (κ1) is 12.4. The molecule has 1 saturated carbocycles. The predicted molar refractivity (Wildman–Crippen MR) is 72.4 cm³/mol. The first-order valence-electron chi connectivity index (χ1n) is 5.84. The molecule has 1 aliphatic rings. The number of anilines is 2. The van der Waals surface area contributed by atoms with E-state index in [0.29, 0.717) is 23.8 Å². The van der Waals surface area contributed by atoms with Gasteiger partial charge in [-0.25, -0.2) is 0 Å². The Kier molecular flexibility index (Phi) is 3.16. The number of thiol groups is 1. The summed E-state index contributed by atoms with van der Waals surface area (Å²) in [6.07, 6.45) is 2.33. The van der Waals surface area contributed by atoms with Crippen molar-refractivity contribution in [2.75, 3.05) is 9.62 Å². The van der Waals surface area contributed by atoms with Gasteiger partial charge in [0.05, 0.1) is 0 Å². The highest BCUT2D eigenvalue weighted by molar-refractivity contribution is 7.81. The number of aryl methyl sites for hydroxylation is 1. The second-order valence-electron chi connectivity index (χ2n) is 5.46. The molecule has 2 rings (SSSR count). The minimum absolute atomic E-state index is 0.0634. The summed E-state index contributed by atoms with van der Waals surface area (Å²) in [4.78, 5) is 13.0. The Hall–Kier alpha value is -1.04. The molecule has 0 saturated heterocycles. The Bertz CT molecular complexity index is 411. The van der Waals surface area contributed by atoms with Gasteiger partial charge in [-0.2, -0.15) is 15.0 Å². The van der Waals surface area contributed by atoms with Gasteiger partial charge in [0.25, 0.3) is 0 Å². The van der Waals surface area contributed by atoms with Gasteiger partial charge < -0.3 is 5.32 Å². The van der Waals surface area contributed by atoms with E-state index < -0.39 is 0 Å². The summed E-state index contributed by atoms with van der Waals surface area (Å²) in [6, 6.07) is 0.475. The third-order valence-corrected chi connectivity index (χ3v) is 2.83. The molecule has 1 fully saturated rings. The highest BCUT2D eigenvalue weighted by atomic mass is 32.1. The lowest BCUT2D eigenvalue weighted by molar-refractivity contribution is 0.624. The molecule has 1 aliphatic carbocycles. The summed E-state index contributed by atoms with van der Waals surface area (Å²) in [5.74, 6) is 1.95. The second kappa shape index (κ2) is 4.33. The molecule has 1 aromatic heterocycles. The van der Waals surface area contributed by atoms with Gasteiger partial charge in [0.2, 0.25) is 11.9 Å². The standard InChI is InChI=1S/C11H19N5S/c1-7-12-9(15-11(2,3)4)14-10(13-7)16(17)8-5-6-8/h8,17H,5-6H2,1-4H3,(H,12,13,14,15). The van der Waals surface area contributed by atoms with Crippen LogP contribution in [0.1, 0.15) is 39.4 Å². The van der Waals surface area contributed by atoms with E-state index in [9.17, 15) is 0 Å². The monoisotopic (exact) mass is 253 g/mol. The largest absolute Gasteiger partial charge is 0.349 e. The number of rotatable bonds is 3. The zero-order chi connectivity index (χ0) is 12.6. The molecule has 1 heterocycles. The molecule has 0 atom stereocenters. The van der Waals surface area contributed by atoms with Gasteiger partial charge >= 0.3 is 0 Å². The molecule has 1 N–H and O–H groups in total. The van der Waals surface area contributed by atoms with Crippen LogP contribution < -0.4 is 9.62 Å². The molecule has 0 bridgehead atoms. The highest BCUT2D eigenvalue weighted by Crippen LogP contribution is 2.31. The van der Waals surface area contributed by atoms with Gasteiger partial charge in [-0.05, 0) is 40.5 Å². The maximum atomic E-state index is 4.44. The fourth-order valence-electron chi connectivity index (χ4n) is 1.44. The topological polar surface area (TPSA) is 53.9 Å². The summed E-state index contributed by atoms with van der Waals surface area (Å²) >= 11 is 4.44. The fraction of sp³-hybridized carbons (Fsp3) is 0.727. The lowest BCUT2D eigenvalue weighted by Crippen LogP contribution is -2.28. The van der Waals surface area contributed by atoms with Gasteiger partial charge in [-0.1, -0.05) is 12.8 Å². The van der Waals surface area contributed by atoms with E-state index in [1.54, 1.807) is 0 Å². The zero-order valence-corrected chi connectivity index (χ0v) is 11.6. The van der Waals surface area contributed by atoms with Crippen molar-refractivity contribution >= 4 is 24.7 Å². The average Bonchev–Trinajstić information content (AvgIpc) is 2.95. The van der Waals surface area contributed by atoms with Crippen LogP contribution in [0.25, 0.3) is 0 Å². The van der Waals surface area contributed by atoms with Crippen LogP contribution in [0.15, 0.2) is 0 Å². The minimum atomic E-state index is -0.0634. The van der Waals surface area contributed by atoms with Gasteiger partial charge in [0.15, 0.2) is 0 Å². The van der Waals surface area contributed by atoms with Crippen molar-refractivity contribution < 1.29 is 0 Å². The molecule has 0 aromatic carbocycles. The number of hydrogen-bond donors (Lipinski definition) is 2. The number of nitrogens with one attached hydrogen (secondary N) is 1. The Balaban J connectivity index is 2.22. The fourth-order valence-corrected chi connectivity index (χ4v) is 1.76. The van der Waals surface area contributed by atoms with Crippen LogP contribution in [0.3, 0.4) is 0 Å². The Morgan fingerprint density at radius 3 is 2.41 bits per heavy atom. The van der Waals surface area contributed by atoms with Gasteiger partial charge in [-0.3, -0.25) is 4.31 Å². The molecule has 17 heavy (non-hydrogen) atoms. The maximum absolute atomic E-state index is 4.44. The third-order valence-electron chi connectivity index (χ3n) is 2.32. The average molecular weight is 253 g/mol. The van der Waals surface area contributed by atoms with Gasteiger partial charge in [-0.15, -0.1) is 0 Å². The van der Waals surface area contributed by atoms with E-state index in [1.165, 1.54) is 0 Å². The van der Waals surface area contributed by atoms with E-state index in [2.05, 4.69) is 53.9 Å². The van der Waals surface area contributed by atoms with Crippen LogP contribution in [0.2, 0.25) is 0 Å². The van der Waals surface area contributed by atoms with Crippen molar-refractivity contribution in [3.8, 4) is 0 Å². The molecule has 0 spiro atoms. The van der Waals surface area contributed by atoms with Crippen LogP contribution in [0.5, 0.6) is 0 Å². The molecule has 0 unspecified atom stereocenters. The van der Waals surface area contributed by atoms with Gasteiger partial charge in [0.1, 0.15) is 5.82 Å². The van der Waals surface area contributed by atoms with Crippen LogP contribution in [-0.4, -0.2) is 26.5 Å². The molecule has 5 nitrogen and oxygen atoms in total. The van der Waals surface area contributed by atoms with Crippen molar-refractivity contribution in [2.45, 2.75) is 52.1 Å². The Labute approximate surface area is 108 Å². The summed E-state index contributed by atoms with van der Waals surface area (Å²) < 4.78 is 1.84. The molecule has 6 heteroatoms. The van der Waals surface area contributed by atoms with E-state index >= 15 is 0 Å². The number of nitrogens with zero attached hydrogens (tertiary/aromatic N) is 4. The Morgan fingerprint density at radius 1 is 1.24 bits per heavy atom. The van der Waals surface area contributed by atoms with E-state index in [-0.39, 0.29) is 5.54 Å². The summed E-state index contributed by atoms with van der Waals surface area (Å²) in [7, 11) is 0. The molecule has 1 aromatic rings. The smallest absolute Gasteiger partial charge is 0.240 e. The quantitative estimate of drug-likeness (QED) is 0.809. The van der Waals surface area contributed by atoms with Crippen molar-refractivity contribution in [3.05, 3.63) is 5.82 Å². The highest BCUT2D eigenvalue weighted by Gasteiger charge is 2.29. The van der Waals surface area contributed by atoms with Crippen molar-refractivity contribution in [1.29, 1.82) is 0 Å². The second-order valence-corrected chi connectivity index (χ2v) is 5.89. The van der Waals surface area contributed by atoms with Crippen molar-refractivity contribution in [3.63, 3.8) is 0 Å². The van der Waals surface area contributed by atoms with Crippen LogP contribution in [0.4, 0.5) is 11.9 Å². The van der Waals surface area contributed by atoms with E-state index in [0.717, 1.165) is 12.8 Å². The first-order chi connectivity index (χ1) is 7.85. The summed E-state index contributed by atoms with van der Waals surface area (Å²) in [6.45, 7) is 8.09. The molecule has 94 valence electrons. The molecular weight excluding hydrogens is 234 g/mol. The SMILES string of the molecule is Cc1nc(NC(C)(C)C)nc(N(S)C2CC2)n1. The van der Waals surface area contributed by atoms with Crippen molar-refractivity contribution in [1.82, 2.24) is 15.0 Å². The normalized spacial score (nSPS) is 15.8. The van der Waals surface area contributed by atoms with Crippen LogP contribution in [0, 0.1) is 6.92 Å². The molecular formula is C11H19N5S.